The van der Waals surface area contributed by atoms with Crippen LogP contribution in [0, 0.1) is 10.1 Å². The van der Waals surface area contributed by atoms with Crippen LogP contribution < -0.4 is 15.2 Å². The minimum Gasteiger partial charge on any atom is -0.493 e. The second-order valence-corrected chi connectivity index (χ2v) is 8.32. The third-order valence-corrected chi connectivity index (χ3v) is 5.89. The summed E-state index contributed by atoms with van der Waals surface area (Å²) >= 11 is 4.12. The van der Waals surface area contributed by atoms with E-state index in [1.54, 1.807) is 24.3 Å². The van der Waals surface area contributed by atoms with Crippen LogP contribution in [0.3, 0.4) is 0 Å². The Kier molecular flexibility index (Phi) is 7.15. The maximum absolute atomic E-state index is 12.4. The summed E-state index contributed by atoms with van der Waals surface area (Å²) < 4.78 is 11.7. The maximum Gasteiger partial charge on any atom is 0.294 e. The van der Waals surface area contributed by atoms with Crippen molar-refractivity contribution >= 4 is 56.5 Å². The quantitative estimate of drug-likeness (QED) is 0.316. The average molecular weight is 522 g/mol. The molecule has 0 saturated carbocycles. The van der Waals surface area contributed by atoms with Gasteiger partial charge in [-0.05, 0) is 53.2 Å². The van der Waals surface area contributed by atoms with Crippen LogP contribution in [0.4, 0.5) is 10.5 Å². The van der Waals surface area contributed by atoms with E-state index in [1.165, 1.54) is 25.3 Å². The summed E-state index contributed by atoms with van der Waals surface area (Å²) in [7, 11) is 1.45. The van der Waals surface area contributed by atoms with Gasteiger partial charge in [0.05, 0.1) is 16.9 Å². The molecule has 10 nitrogen and oxygen atoms in total. The van der Waals surface area contributed by atoms with Crippen LogP contribution in [0.25, 0.3) is 6.08 Å². The number of halogens is 1. The molecule has 0 spiro atoms. The van der Waals surface area contributed by atoms with Gasteiger partial charge in [0.1, 0.15) is 13.2 Å². The van der Waals surface area contributed by atoms with Crippen LogP contribution in [-0.4, -0.2) is 40.5 Å². The molecule has 12 heteroatoms. The number of nitrogens with two attached hydrogens (primary N) is 1. The highest BCUT2D eigenvalue weighted by Crippen LogP contribution is 2.38. The van der Waals surface area contributed by atoms with Crippen LogP contribution in [0.1, 0.15) is 11.1 Å². The van der Waals surface area contributed by atoms with Crippen LogP contribution in [0.15, 0.2) is 45.8 Å². The fraction of sp³-hybridized carbons (Fsp3) is 0.150. The van der Waals surface area contributed by atoms with Gasteiger partial charge in [-0.2, -0.15) is 0 Å². The summed E-state index contributed by atoms with van der Waals surface area (Å²) in [6.07, 6.45) is 1.50. The van der Waals surface area contributed by atoms with E-state index in [4.69, 9.17) is 15.2 Å². The minimum absolute atomic E-state index is 0.0151. The van der Waals surface area contributed by atoms with Crippen molar-refractivity contribution in [1.82, 2.24) is 4.90 Å². The first kappa shape index (κ1) is 23.3. The molecule has 0 radical (unpaired) electrons. The number of rotatable bonds is 8. The molecule has 3 amide bonds. The summed E-state index contributed by atoms with van der Waals surface area (Å²) in [6, 6.07) is 9.23. The lowest BCUT2D eigenvalue weighted by Gasteiger charge is -2.13. The van der Waals surface area contributed by atoms with E-state index in [9.17, 15) is 24.5 Å². The van der Waals surface area contributed by atoms with Crippen molar-refractivity contribution in [1.29, 1.82) is 0 Å². The Bertz CT molecular complexity index is 1130. The molecule has 2 N–H and O–H groups in total. The number of primary amides is 1. The lowest BCUT2D eigenvalue weighted by atomic mass is 10.1. The molecule has 1 aliphatic rings. The molecule has 2 aromatic carbocycles. The second-order valence-electron chi connectivity index (χ2n) is 6.47. The number of benzene rings is 2. The lowest BCUT2D eigenvalue weighted by molar-refractivity contribution is -0.384. The Morgan fingerprint density at radius 2 is 1.94 bits per heavy atom. The van der Waals surface area contributed by atoms with E-state index in [2.05, 4.69) is 15.9 Å². The first-order valence-electron chi connectivity index (χ1n) is 8.97. The number of amides is 3. The topological polar surface area (TPSA) is 142 Å². The monoisotopic (exact) mass is 521 g/mol. The summed E-state index contributed by atoms with van der Waals surface area (Å²) in [5, 5.41) is 10.2. The van der Waals surface area contributed by atoms with Crippen LogP contribution in [0.2, 0.25) is 0 Å². The number of hydrogen-bond acceptors (Lipinski definition) is 8. The molecule has 1 fully saturated rings. The third kappa shape index (κ3) is 5.26. The van der Waals surface area contributed by atoms with Crippen LogP contribution in [0.5, 0.6) is 11.5 Å². The Labute approximate surface area is 194 Å². The van der Waals surface area contributed by atoms with Gasteiger partial charge in [0.25, 0.3) is 16.8 Å². The van der Waals surface area contributed by atoms with E-state index < -0.39 is 28.5 Å². The van der Waals surface area contributed by atoms with Gasteiger partial charge < -0.3 is 15.2 Å². The Balaban J connectivity index is 1.80. The maximum atomic E-state index is 12.4. The number of hydrogen-bond donors (Lipinski definition) is 1. The number of ether oxygens (including phenoxy) is 2. The van der Waals surface area contributed by atoms with Gasteiger partial charge in [-0.3, -0.25) is 29.4 Å². The van der Waals surface area contributed by atoms with Crippen molar-refractivity contribution in [3.8, 4) is 11.5 Å². The van der Waals surface area contributed by atoms with Crippen LogP contribution in [-0.2, 0) is 16.2 Å². The van der Waals surface area contributed by atoms with E-state index in [0.717, 1.165) is 10.5 Å². The number of methoxy groups -OCH3 is 1. The molecule has 1 aliphatic heterocycles. The van der Waals surface area contributed by atoms with Gasteiger partial charge >= 0.3 is 0 Å². The van der Waals surface area contributed by atoms with Gasteiger partial charge in [-0.15, -0.1) is 0 Å². The van der Waals surface area contributed by atoms with Crippen LogP contribution >= 0.6 is 27.7 Å². The van der Waals surface area contributed by atoms with Gasteiger partial charge in [-0.1, -0.05) is 15.9 Å². The minimum atomic E-state index is -0.786. The smallest absolute Gasteiger partial charge is 0.294 e. The highest BCUT2D eigenvalue weighted by atomic mass is 79.9. The predicted molar refractivity (Wildman–Crippen MR) is 120 cm³/mol. The molecular formula is C20H16BrN3O7S. The number of thioether (sulfide) groups is 1. The molecule has 0 bridgehead atoms. The summed E-state index contributed by atoms with van der Waals surface area (Å²) in [5.74, 6) is -0.622. The van der Waals surface area contributed by atoms with E-state index in [1.807, 2.05) is 0 Å². The summed E-state index contributed by atoms with van der Waals surface area (Å²) in [4.78, 5) is 46.7. The Morgan fingerprint density at radius 3 is 2.53 bits per heavy atom. The number of nitro groups is 1. The fourth-order valence-corrected chi connectivity index (χ4v) is 4.01. The molecule has 2 aromatic rings. The van der Waals surface area contributed by atoms with Crippen molar-refractivity contribution in [3.63, 3.8) is 0 Å². The van der Waals surface area contributed by atoms with Gasteiger partial charge in [0.15, 0.2) is 11.5 Å². The second kappa shape index (κ2) is 9.83. The zero-order valence-electron chi connectivity index (χ0n) is 16.6. The first-order valence-corrected chi connectivity index (χ1v) is 10.6. The van der Waals surface area contributed by atoms with E-state index in [0.29, 0.717) is 33.3 Å². The molecule has 32 heavy (non-hydrogen) atoms. The van der Waals surface area contributed by atoms with Gasteiger partial charge in [0, 0.05) is 16.6 Å². The fourth-order valence-electron chi connectivity index (χ4n) is 2.74. The van der Waals surface area contributed by atoms with E-state index in [-0.39, 0.29) is 17.2 Å². The SMILES string of the molecule is COc1cc(/C=C2\SC(=O)N(CC(N)=O)C2=O)c(Br)cc1OCc1ccc([N+](=O)[O-])cc1. The largest absolute Gasteiger partial charge is 0.493 e. The number of non-ortho nitro benzene ring substituents is 1. The number of carbonyl (C=O) groups is 3. The third-order valence-electron chi connectivity index (χ3n) is 4.30. The average Bonchev–Trinajstić information content (AvgIpc) is 3.01. The normalized spacial score (nSPS) is 14.7. The van der Waals surface area contributed by atoms with Gasteiger partial charge in [-0.25, -0.2) is 0 Å². The van der Waals surface area contributed by atoms with Crippen molar-refractivity contribution < 1.29 is 28.8 Å². The summed E-state index contributed by atoms with van der Waals surface area (Å²) in [6.45, 7) is -0.339. The number of imide groups is 1. The number of nitrogens with zero attached hydrogens (tertiary/aromatic N) is 2. The molecule has 0 unspecified atom stereocenters. The molecule has 166 valence electrons. The molecule has 3 rings (SSSR count). The van der Waals surface area contributed by atoms with Crippen molar-refractivity contribution in [3.05, 3.63) is 67.0 Å². The predicted octanol–water partition coefficient (Wildman–Crippen LogP) is 3.47. The molecule has 0 aliphatic carbocycles. The zero-order valence-corrected chi connectivity index (χ0v) is 19.0. The highest BCUT2D eigenvalue weighted by Gasteiger charge is 2.36. The summed E-state index contributed by atoms with van der Waals surface area (Å²) in [5.41, 5.74) is 6.34. The highest BCUT2D eigenvalue weighted by molar-refractivity contribution is 9.10. The van der Waals surface area contributed by atoms with Gasteiger partial charge in [0.2, 0.25) is 5.91 Å². The molecule has 1 heterocycles. The standard InChI is InChI=1S/C20H16BrN3O7S/c1-30-15-6-12(7-17-19(26)23(9-18(22)25)20(27)32-17)14(21)8-16(15)31-10-11-2-4-13(5-3-11)24(28)29/h2-8H,9-10H2,1H3,(H2,22,25)/b17-7-. The number of carbonyl (C=O) groups excluding carboxylic acids is 3. The van der Waals surface area contributed by atoms with Crippen molar-refractivity contribution in [2.45, 2.75) is 6.61 Å². The Hall–Kier alpha value is -3.38. The van der Waals surface area contributed by atoms with Crippen molar-refractivity contribution in [2.75, 3.05) is 13.7 Å². The lowest BCUT2D eigenvalue weighted by Crippen LogP contribution is -2.36. The Morgan fingerprint density at radius 1 is 1.25 bits per heavy atom. The molecule has 0 aromatic heterocycles. The first-order chi connectivity index (χ1) is 15.2. The molecular weight excluding hydrogens is 506 g/mol. The zero-order chi connectivity index (χ0) is 23.4. The molecule has 0 atom stereocenters. The van der Waals surface area contributed by atoms with Crippen molar-refractivity contribution in [2.24, 2.45) is 5.73 Å². The van der Waals surface area contributed by atoms with E-state index >= 15 is 0 Å². The molecule has 1 saturated heterocycles. The number of nitro benzene ring substituents is 1.